The summed E-state index contributed by atoms with van der Waals surface area (Å²) in [7, 11) is -1.56. The Morgan fingerprint density at radius 1 is 1.26 bits per heavy atom. The van der Waals surface area contributed by atoms with Crippen LogP contribution in [0.3, 0.4) is 0 Å². The second-order valence-electron chi connectivity index (χ2n) is 5.39. The van der Waals surface area contributed by atoms with Crippen LogP contribution in [-0.4, -0.2) is 32.4 Å². The van der Waals surface area contributed by atoms with E-state index in [1.54, 1.807) is 28.6 Å². The summed E-state index contributed by atoms with van der Waals surface area (Å²) in [5, 5.41) is 2.99. The van der Waals surface area contributed by atoms with Crippen LogP contribution in [0.4, 0.5) is 5.69 Å². The van der Waals surface area contributed by atoms with Crippen LogP contribution in [0, 0.1) is 5.92 Å². The molecule has 2 rings (SSSR count). The molecule has 0 spiro atoms. The summed E-state index contributed by atoms with van der Waals surface area (Å²) in [4.78, 5) is 0.376. The average molecular weight is 282 g/mol. The fraction of sp³-hybridized carbons (Fsp3) is 0.571. The Morgan fingerprint density at radius 3 is 2.26 bits per heavy atom. The van der Waals surface area contributed by atoms with Crippen molar-refractivity contribution in [2.75, 3.05) is 18.9 Å². The van der Waals surface area contributed by atoms with Gasteiger partial charge in [0.05, 0.1) is 4.90 Å². The van der Waals surface area contributed by atoms with E-state index in [2.05, 4.69) is 5.32 Å². The summed E-state index contributed by atoms with van der Waals surface area (Å²) >= 11 is 0. The standard InChI is InChI=1S/C14H22N2O2S/c1-11(2)16(10-12-4-5-12)19(17,18)14-8-6-13(15-3)7-9-14/h6-9,11-12,15H,4-5,10H2,1-3H3. The van der Waals surface area contributed by atoms with Crippen molar-refractivity contribution in [2.45, 2.75) is 37.6 Å². The molecule has 0 heterocycles. The molecule has 0 saturated heterocycles. The highest BCUT2D eigenvalue weighted by Gasteiger charge is 2.33. The Labute approximate surface area is 115 Å². The van der Waals surface area contributed by atoms with Crippen molar-refractivity contribution in [3.05, 3.63) is 24.3 Å². The molecule has 4 nitrogen and oxygen atoms in total. The normalized spacial score (nSPS) is 16.1. The van der Waals surface area contributed by atoms with E-state index in [0.29, 0.717) is 17.4 Å². The quantitative estimate of drug-likeness (QED) is 0.872. The summed E-state index contributed by atoms with van der Waals surface area (Å²) in [5.41, 5.74) is 0.914. The van der Waals surface area contributed by atoms with Crippen molar-refractivity contribution in [1.82, 2.24) is 4.31 Å². The van der Waals surface area contributed by atoms with E-state index in [0.717, 1.165) is 18.5 Å². The zero-order valence-electron chi connectivity index (χ0n) is 11.8. The monoisotopic (exact) mass is 282 g/mol. The van der Waals surface area contributed by atoms with Crippen molar-refractivity contribution in [3.8, 4) is 0 Å². The third-order valence-electron chi connectivity index (χ3n) is 3.46. The average Bonchev–Trinajstić information content (AvgIpc) is 3.19. The lowest BCUT2D eigenvalue weighted by Gasteiger charge is -2.26. The van der Waals surface area contributed by atoms with Gasteiger partial charge in [-0.1, -0.05) is 0 Å². The zero-order valence-corrected chi connectivity index (χ0v) is 12.6. The maximum atomic E-state index is 12.6. The van der Waals surface area contributed by atoms with E-state index in [1.165, 1.54) is 0 Å². The van der Waals surface area contributed by atoms with Crippen LogP contribution in [0.5, 0.6) is 0 Å². The topological polar surface area (TPSA) is 49.4 Å². The lowest BCUT2D eigenvalue weighted by Crippen LogP contribution is -2.38. The van der Waals surface area contributed by atoms with Gasteiger partial charge in [0.1, 0.15) is 0 Å². The molecule has 1 aromatic rings. The number of nitrogens with zero attached hydrogens (tertiary/aromatic N) is 1. The Balaban J connectivity index is 2.26. The minimum absolute atomic E-state index is 0.00502. The Morgan fingerprint density at radius 2 is 1.84 bits per heavy atom. The number of sulfonamides is 1. The predicted molar refractivity (Wildman–Crippen MR) is 77.7 cm³/mol. The number of nitrogens with one attached hydrogen (secondary N) is 1. The number of hydrogen-bond acceptors (Lipinski definition) is 3. The molecule has 0 aliphatic heterocycles. The number of rotatable bonds is 6. The molecule has 0 radical (unpaired) electrons. The maximum absolute atomic E-state index is 12.6. The molecule has 0 atom stereocenters. The smallest absolute Gasteiger partial charge is 0.243 e. The number of hydrogen-bond donors (Lipinski definition) is 1. The van der Waals surface area contributed by atoms with E-state index >= 15 is 0 Å². The first-order chi connectivity index (χ1) is 8.95. The van der Waals surface area contributed by atoms with Crippen LogP contribution in [0.1, 0.15) is 26.7 Å². The molecule has 1 fully saturated rings. The first-order valence-corrected chi connectivity index (χ1v) is 8.19. The summed E-state index contributed by atoms with van der Waals surface area (Å²) in [6.07, 6.45) is 2.30. The van der Waals surface area contributed by atoms with Gasteiger partial charge in [0.15, 0.2) is 0 Å². The number of benzene rings is 1. The summed E-state index contributed by atoms with van der Waals surface area (Å²) in [5.74, 6) is 0.550. The zero-order chi connectivity index (χ0) is 14.0. The maximum Gasteiger partial charge on any atom is 0.243 e. The van der Waals surface area contributed by atoms with E-state index in [1.807, 2.05) is 20.9 Å². The van der Waals surface area contributed by atoms with Crippen molar-refractivity contribution in [1.29, 1.82) is 0 Å². The first kappa shape index (κ1) is 14.3. The fourth-order valence-electron chi connectivity index (χ4n) is 2.07. The molecule has 1 saturated carbocycles. The molecule has 1 N–H and O–H groups in total. The van der Waals surface area contributed by atoms with Gasteiger partial charge < -0.3 is 5.32 Å². The minimum atomic E-state index is -3.37. The van der Waals surface area contributed by atoms with Gasteiger partial charge in [-0.2, -0.15) is 4.31 Å². The highest BCUT2D eigenvalue weighted by atomic mass is 32.2. The highest BCUT2D eigenvalue weighted by Crippen LogP contribution is 2.32. The lowest BCUT2D eigenvalue weighted by atomic mass is 10.3. The Hall–Kier alpha value is -1.07. The van der Waals surface area contributed by atoms with Crippen molar-refractivity contribution < 1.29 is 8.42 Å². The molecule has 1 aliphatic carbocycles. The molecule has 0 unspecified atom stereocenters. The molecule has 106 valence electrons. The number of anilines is 1. The van der Waals surface area contributed by atoms with Crippen LogP contribution in [-0.2, 0) is 10.0 Å². The molecule has 1 aromatic carbocycles. The molecule has 1 aliphatic rings. The second-order valence-corrected chi connectivity index (χ2v) is 7.28. The summed E-state index contributed by atoms with van der Waals surface area (Å²) in [6, 6.07) is 6.92. The molecule has 0 amide bonds. The van der Waals surface area contributed by atoms with Crippen molar-refractivity contribution in [2.24, 2.45) is 5.92 Å². The van der Waals surface area contributed by atoms with E-state index in [-0.39, 0.29) is 6.04 Å². The van der Waals surface area contributed by atoms with Gasteiger partial charge in [0, 0.05) is 25.3 Å². The van der Waals surface area contributed by atoms with Crippen LogP contribution in [0.2, 0.25) is 0 Å². The Kier molecular flexibility index (Phi) is 4.16. The van der Waals surface area contributed by atoms with Gasteiger partial charge in [-0.05, 0) is 56.9 Å². The molecular formula is C14H22N2O2S. The van der Waals surface area contributed by atoms with Gasteiger partial charge in [0.25, 0.3) is 0 Å². The van der Waals surface area contributed by atoms with Crippen LogP contribution in [0.25, 0.3) is 0 Å². The van der Waals surface area contributed by atoms with Crippen LogP contribution < -0.4 is 5.32 Å². The first-order valence-electron chi connectivity index (χ1n) is 6.75. The van der Waals surface area contributed by atoms with Crippen LogP contribution in [0.15, 0.2) is 29.2 Å². The largest absolute Gasteiger partial charge is 0.388 e. The van der Waals surface area contributed by atoms with Gasteiger partial charge >= 0.3 is 0 Å². The van der Waals surface area contributed by atoms with Gasteiger partial charge in [0.2, 0.25) is 10.0 Å². The minimum Gasteiger partial charge on any atom is -0.388 e. The molecule has 5 heteroatoms. The van der Waals surface area contributed by atoms with Crippen molar-refractivity contribution in [3.63, 3.8) is 0 Å². The van der Waals surface area contributed by atoms with Crippen LogP contribution >= 0.6 is 0 Å². The van der Waals surface area contributed by atoms with Crippen molar-refractivity contribution >= 4 is 15.7 Å². The molecule has 19 heavy (non-hydrogen) atoms. The van der Waals surface area contributed by atoms with E-state index in [4.69, 9.17) is 0 Å². The molecule has 0 aromatic heterocycles. The fourth-order valence-corrected chi connectivity index (χ4v) is 3.78. The Bertz CT molecular complexity index is 519. The van der Waals surface area contributed by atoms with E-state index in [9.17, 15) is 8.42 Å². The third kappa shape index (κ3) is 3.28. The summed E-state index contributed by atoms with van der Waals surface area (Å²) in [6.45, 7) is 4.51. The predicted octanol–water partition coefficient (Wildman–Crippen LogP) is 2.54. The third-order valence-corrected chi connectivity index (χ3v) is 5.52. The van der Waals surface area contributed by atoms with Gasteiger partial charge in [-0.25, -0.2) is 8.42 Å². The molecular weight excluding hydrogens is 260 g/mol. The highest BCUT2D eigenvalue weighted by molar-refractivity contribution is 7.89. The second kappa shape index (κ2) is 5.51. The SMILES string of the molecule is CNc1ccc(S(=O)(=O)N(CC2CC2)C(C)C)cc1. The van der Waals surface area contributed by atoms with E-state index < -0.39 is 10.0 Å². The molecule has 0 bridgehead atoms. The van der Waals surface area contributed by atoms with Gasteiger partial charge in [-0.15, -0.1) is 0 Å². The summed E-state index contributed by atoms with van der Waals surface area (Å²) < 4.78 is 26.9. The lowest BCUT2D eigenvalue weighted by molar-refractivity contribution is 0.342. The van der Waals surface area contributed by atoms with Gasteiger partial charge in [-0.3, -0.25) is 0 Å².